The molecule has 0 bridgehead atoms. The Morgan fingerprint density at radius 2 is 1.91 bits per heavy atom. The zero-order valence-electron chi connectivity index (χ0n) is 17.8. The van der Waals surface area contributed by atoms with E-state index in [2.05, 4.69) is 20.9 Å². The average molecular weight is 447 g/mol. The van der Waals surface area contributed by atoms with Gasteiger partial charge >= 0.3 is 6.03 Å². The van der Waals surface area contributed by atoms with Crippen LogP contribution in [0.3, 0.4) is 0 Å². The second-order valence-electron chi connectivity index (χ2n) is 7.35. The zero-order chi connectivity index (χ0) is 23.2. The summed E-state index contributed by atoms with van der Waals surface area (Å²) in [6.45, 7) is 2.58. The van der Waals surface area contributed by atoms with Gasteiger partial charge in [0.05, 0.1) is 23.8 Å². The number of anilines is 2. The largest absolute Gasteiger partial charge is 0.469 e. The van der Waals surface area contributed by atoms with Gasteiger partial charge in [0.2, 0.25) is 0 Å². The standard InChI is InChI=1S/C24H22FN5O3/c1-16-20(8-11-33-16)23(31)29-22-12-19(6-7-21(22)25)28-24(32)27-13-17-4-2-3-5-18(17)14-30-10-9-26-15-30/h2-12,15H,13-14H2,1H3,(H,29,31)(H2,27,28,32). The summed E-state index contributed by atoms with van der Waals surface area (Å²) < 4.78 is 21.3. The second kappa shape index (κ2) is 9.82. The Labute approximate surface area is 189 Å². The van der Waals surface area contributed by atoms with Crippen molar-refractivity contribution in [3.8, 4) is 0 Å². The molecule has 0 aliphatic heterocycles. The van der Waals surface area contributed by atoms with Crippen molar-refractivity contribution in [3.05, 3.63) is 102 Å². The highest BCUT2D eigenvalue weighted by atomic mass is 19.1. The molecule has 0 radical (unpaired) electrons. The van der Waals surface area contributed by atoms with Crippen molar-refractivity contribution in [1.29, 1.82) is 0 Å². The molecule has 4 aromatic rings. The van der Waals surface area contributed by atoms with Gasteiger partial charge in [0.15, 0.2) is 0 Å². The fraction of sp³-hybridized carbons (Fsp3) is 0.125. The topological polar surface area (TPSA) is 101 Å². The summed E-state index contributed by atoms with van der Waals surface area (Å²) in [5.74, 6) is -0.699. The number of urea groups is 1. The predicted octanol–water partition coefficient (Wildman–Crippen LogP) is 4.55. The molecule has 33 heavy (non-hydrogen) atoms. The van der Waals surface area contributed by atoms with Gasteiger partial charge in [-0.2, -0.15) is 0 Å². The van der Waals surface area contributed by atoms with Crippen LogP contribution in [0.2, 0.25) is 0 Å². The van der Waals surface area contributed by atoms with E-state index in [-0.39, 0.29) is 5.69 Å². The lowest BCUT2D eigenvalue weighted by Crippen LogP contribution is -2.28. The molecule has 3 amide bonds. The van der Waals surface area contributed by atoms with Crippen molar-refractivity contribution in [2.75, 3.05) is 10.6 Å². The minimum absolute atomic E-state index is 0.0518. The lowest BCUT2D eigenvalue weighted by Gasteiger charge is -2.13. The number of imidazole rings is 1. The Hall–Kier alpha value is -4.40. The number of benzene rings is 2. The second-order valence-corrected chi connectivity index (χ2v) is 7.35. The van der Waals surface area contributed by atoms with Gasteiger partial charge in [-0.3, -0.25) is 4.79 Å². The number of nitrogens with zero attached hydrogens (tertiary/aromatic N) is 2. The zero-order valence-corrected chi connectivity index (χ0v) is 17.8. The summed E-state index contributed by atoms with van der Waals surface area (Å²) in [5, 5.41) is 7.97. The van der Waals surface area contributed by atoms with Crippen LogP contribution in [-0.2, 0) is 13.1 Å². The van der Waals surface area contributed by atoms with Crippen LogP contribution in [0, 0.1) is 12.7 Å². The smallest absolute Gasteiger partial charge is 0.319 e. The Balaban J connectivity index is 1.38. The van der Waals surface area contributed by atoms with Crippen LogP contribution < -0.4 is 16.0 Å². The molecule has 3 N–H and O–H groups in total. The number of hydrogen-bond acceptors (Lipinski definition) is 4. The van der Waals surface area contributed by atoms with Crippen molar-refractivity contribution in [3.63, 3.8) is 0 Å². The molecule has 9 heteroatoms. The molecular weight excluding hydrogens is 425 g/mol. The third-order valence-corrected chi connectivity index (χ3v) is 5.05. The number of amides is 3. The molecule has 0 spiro atoms. The normalized spacial score (nSPS) is 10.6. The Morgan fingerprint density at radius 3 is 2.64 bits per heavy atom. The molecule has 0 unspecified atom stereocenters. The quantitative estimate of drug-likeness (QED) is 0.387. The Morgan fingerprint density at radius 1 is 1.09 bits per heavy atom. The molecule has 8 nitrogen and oxygen atoms in total. The maximum atomic E-state index is 14.2. The molecule has 0 atom stereocenters. The van der Waals surface area contributed by atoms with Crippen molar-refractivity contribution in [1.82, 2.24) is 14.9 Å². The van der Waals surface area contributed by atoms with E-state index in [1.807, 2.05) is 35.0 Å². The number of furan rings is 1. The molecule has 0 saturated heterocycles. The lowest BCUT2D eigenvalue weighted by molar-refractivity contribution is 0.102. The third kappa shape index (κ3) is 5.45. The van der Waals surface area contributed by atoms with Crippen LogP contribution in [0.4, 0.5) is 20.6 Å². The van der Waals surface area contributed by atoms with E-state index in [0.29, 0.717) is 30.1 Å². The van der Waals surface area contributed by atoms with Gasteiger partial charge in [0.25, 0.3) is 5.91 Å². The molecule has 0 fully saturated rings. The van der Waals surface area contributed by atoms with Crippen molar-refractivity contribution >= 4 is 23.3 Å². The molecular formula is C24H22FN5O3. The first-order chi connectivity index (χ1) is 16.0. The van der Waals surface area contributed by atoms with Crippen molar-refractivity contribution in [2.24, 2.45) is 0 Å². The minimum atomic E-state index is -0.621. The predicted molar refractivity (Wildman–Crippen MR) is 121 cm³/mol. The number of aryl methyl sites for hydroxylation is 1. The van der Waals surface area contributed by atoms with E-state index in [9.17, 15) is 14.0 Å². The van der Waals surface area contributed by atoms with Gasteiger partial charge in [-0.15, -0.1) is 0 Å². The van der Waals surface area contributed by atoms with E-state index in [4.69, 9.17) is 4.42 Å². The van der Waals surface area contributed by atoms with Crippen LogP contribution in [-0.4, -0.2) is 21.5 Å². The molecule has 168 valence electrons. The van der Waals surface area contributed by atoms with E-state index in [1.54, 1.807) is 19.4 Å². The summed E-state index contributed by atoms with van der Waals surface area (Å²) in [6.07, 6.45) is 6.70. The van der Waals surface area contributed by atoms with E-state index >= 15 is 0 Å². The summed E-state index contributed by atoms with van der Waals surface area (Å²) in [6, 6.07) is 12.8. The first-order valence-corrected chi connectivity index (χ1v) is 10.2. The van der Waals surface area contributed by atoms with Crippen LogP contribution in [0.1, 0.15) is 27.2 Å². The molecule has 0 saturated carbocycles. The number of carbonyl (C=O) groups excluding carboxylic acids is 2. The maximum Gasteiger partial charge on any atom is 0.319 e. The SMILES string of the molecule is Cc1occc1C(=O)Nc1cc(NC(=O)NCc2ccccc2Cn2ccnc2)ccc1F. The number of halogens is 1. The number of aromatic nitrogens is 2. The van der Waals surface area contributed by atoms with Gasteiger partial charge in [0.1, 0.15) is 11.6 Å². The van der Waals surface area contributed by atoms with Gasteiger partial charge in [-0.1, -0.05) is 24.3 Å². The Kier molecular flexibility index (Phi) is 6.49. The van der Waals surface area contributed by atoms with Gasteiger partial charge in [-0.05, 0) is 42.3 Å². The number of hydrogen-bond donors (Lipinski definition) is 3. The number of rotatable bonds is 7. The Bertz CT molecular complexity index is 1270. The fourth-order valence-corrected chi connectivity index (χ4v) is 3.32. The molecule has 0 aliphatic rings. The molecule has 4 rings (SSSR count). The van der Waals surface area contributed by atoms with Crippen molar-refractivity contribution < 1.29 is 18.4 Å². The lowest BCUT2D eigenvalue weighted by atomic mass is 10.1. The number of carbonyl (C=O) groups is 2. The van der Waals surface area contributed by atoms with Gasteiger partial charge in [-0.25, -0.2) is 14.2 Å². The minimum Gasteiger partial charge on any atom is -0.469 e. The average Bonchev–Trinajstić information content (AvgIpc) is 3.47. The maximum absolute atomic E-state index is 14.2. The van der Waals surface area contributed by atoms with Crippen LogP contribution in [0.15, 0.2) is 77.9 Å². The monoisotopic (exact) mass is 447 g/mol. The van der Waals surface area contributed by atoms with Crippen molar-refractivity contribution in [2.45, 2.75) is 20.0 Å². The van der Waals surface area contributed by atoms with Crippen LogP contribution in [0.5, 0.6) is 0 Å². The molecule has 2 aromatic carbocycles. The van der Waals surface area contributed by atoms with Gasteiger partial charge in [0, 0.05) is 31.2 Å². The molecule has 0 aliphatic carbocycles. The van der Waals surface area contributed by atoms with E-state index in [0.717, 1.165) is 11.1 Å². The van der Waals surface area contributed by atoms with Gasteiger partial charge < -0.3 is 24.9 Å². The third-order valence-electron chi connectivity index (χ3n) is 5.05. The highest BCUT2D eigenvalue weighted by Gasteiger charge is 2.15. The first kappa shape index (κ1) is 21.8. The summed E-state index contributed by atoms with van der Waals surface area (Å²) in [7, 11) is 0. The summed E-state index contributed by atoms with van der Waals surface area (Å²) in [5.41, 5.74) is 2.60. The fourth-order valence-electron chi connectivity index (χ4n) is 3.32. The van der Waals surface area contributed by atoms with Crippen LogP contribution in [0.25, 0.3) is 0 Å². The van der Waals surface area contributed by atoms with E-state index in [1.165, 1.54) is 30.5 Å². The van der Waals surface area contributed by atoms with E-state index < -0.39 is 17.8 Å². The highest BCUT2D eigenvalue weighted by molar-refractivity contribution is 6.05. The van der Waals surface area contributed by atoms with Crippen LogP contribution >= 0.6 is 0 Å². The number of nitrogens with one attached hydrogen (secondary N) is 3. The highest BCUT2D eigenvalue weighted by Crippen LogP contribution is 2.21. The first-order valence-electron chi connectivity index (χ1n) is 10.2. The molecule has 2 heterocycles. The summed E-state index contributed by atoms with van der Waals surface area (Å²) >= 11 is 0. The molecule has 2 aromatic heterocycles. The summed E-state index contributed by atoms with van der Waals surface area (Å²) in [4.78, 5) is 28.8.